The first-order valence-electron chi connectivity index (χ1n) is 9.06. The van der Waals surface area contributed by atoms with Gasteiger partial charge in [-0.1, -0.05) is 54.6 Å². The van der Waals surface area contributed by atoms with Gasteiger partial charge in [0.05, 0.1) is 7.11 Å². The Morgan fingerprint density at radius 2 is 1.61 bits per heavy atom. The highest BCUT2D eigenvalue weighted by Crippen LogP contribution is 2.30. The Hall–Kier alpha value is -2.76. The molecule has 0 spiro atoms. The summed E-state index contributed by atoms with van der Waals surface area (Å²) in [6, 6.07) is 26.4. The van der Waals surface area contributed by atoms with Gasteiger partial charge in [-0.05, 0) is 47.4 Å². The van der Waals surface area contributed by atoms with Crippen molar-refractivity contribution in [2.45, 2.75) is 23.0 Å². The molecule has 2 N–H and O–H groups in total. The van der Waals surface area contributed by atoms with E-state index < -0.39 is 0 Å². The molecule has 0 radical (unpaired) electrons. The zero-order chi connectivity index (χ0) is 19.8. The van der Waals surface area contributed by atoms with Crippen molar-refractivity contribution in [3.8, 4) is 16.9 Å². The lowest BCUT2D eigenvalue weighted by Crippen LogP contribution is -2.24. The monoisotopic (exact) mass is 393 g/mol. The number of ether oxygens (including phenoxy) is 1. The second-order valence-electron chi connectivity index (χ2n) is 6.42. The highest BCUT2D eigenvalue weighted by molar-refractivity contribution is 8.00. The first-order valence-corrected chi connectivity index (χ1v) is 9.94. The normalized spacial score (nSPS) is 11.6. The predicted molar refractivity (Wildman–Crippen MR) is 113 cm³/mol. The van der Waals surface area contributed by atoms with Crippen LogP contribution in [0.1, 0.15) is 12.0 Å². The Morgan fingerprint density at radius 1 is 0.964 bits per heavy atom. The van der Waals surface area contributed by atoms with Crippen LogP contribution in [0.15, 0.2) is 83.8 Å². The maximum Gasteiger partial charge on any atom is 0.244 e. The average molecular weight is 394 g/mol. The van der Waals surface area contributed by atoms with Crippen LogP contribution in [-0.2, 0) is 11.2 Å². The number of amides is 1. The SMILES string of the molecule is COc1ccc(SC(CC(=O)NO)Cc2ccc(-c3ccccc3)cc2)cc1. The summed E-state index contributed by atoms with van der Waals surface area (Å²) in [5.41, 5.74) is 5.24. The molecule has 144 valence electrons. The topological polar surface area (TPSA) is 58.6 Å². The van der Waals surface area contributed by atoms with E-state index in [0.717, 1.165) is 28.2 Å². The van der Waals surface area contributed by atoms with E-state index in [0.29, 0.717) is 0 Å². The first kappa shape index (κ1) is 20.0. The minimum absolute atomic E-state index is 0.00289. The van der Waals surface area contributed by atoms with Gasteiger partial charge in [0.25, 0.3) is 0 Å². The molecule has 1 atom stereocenters. The van der Waals surface area contributed by atoms with Crippen LogP contribution in [0.4, 0.5) is 0 Å². The molecule has 1 unspecified atom stereocenters. The summed E-state index contributed by atoms with van der Waals surface area (Å²) in [7, 11) is 1.63. The standard InChI is InChI=1S/C23H23NO3S/c1-27-20-11-13-21(14-12-20)28-22(16-23(25)24-26)15-17-7-9-19(10-8-17)18-5-3-2-4-6-18/h2-14,22,26H,15-16H2,1H3,(H,24,25). The second-order valence-corrected chi connectivity index (χ2v) is 7.80. The maximum absolute atomic E-state index is 11.7. The van der Waals surface area contributed by atoms with Crippen LogP contribution in [0.25, 0.3) is 11.1 Å². The van der Waals surface area contributed by atoms with Crippen LogP contribution in [0, 0.1) is 0 Å². The number of hydrogen-bond donors (Lipinski definition) is 2. The fourth-order valence-electron chi connectivity index (χ4n) is 2.98. The van der Waals surface area contributed by atoms with Gasteiger partial charge in [-0.15, -0.1) is 11.8 Å². The number of methoxy groups -OCH3 is 1. The van der Waals surface area contributed by atoms with E-state index in [4.69, 9.17) is 9.94 Å². The van der Waals surface area contributed by atoms with Crippen molar-refractivity contribution in [3.63, 3.8) is 0 Å². The number of rotatable bonds is 8. The van der Waals surface area contributed by atoms with Crippen molar-refractivity contribution in [2.75, 3.05) is 7.11 Å². The van der Waals surface area contributed by atoms with Crippen molar-refractivity contribution >= 4 is 17.7 Å². The van der Waals surface area contributed by atoms with E-state index in [2.05, 4.69) is 36.4 Å². The molecule has 3 rings (SSSR count). The number of carbonyl (C=O) groups is 1. The molecule has 0 aromatic heterocycles. The summed E-state index contributed by atoms with van der Waals surface area (Å²) in [6.07, 6.45) is 0.951. The van der Waals surface area contributed by atoms with Crippen molar-refractivity contribution in [2.24, 2.45) is 0 Å². The number of hydrogen-bond acceptors (Lipinski definition) is 4. The lowest BCUT2D eigenvalue weighted by atomic mass is 10.0. The third-order valence-electron chi connectivity index (χ3n) is 4.42. The summed E-state index contributed by atoms with van der Waals surface area (Å²) >= 11 is 1.62. The van der Waals surface area contributed by atoms with Crippen LogP contribution in [0.5, 0.6) is 5.75 Å². The summed E-state index contributed by atoms with van der Waals surface area (Å²) < 4.78 is 5.19. The van der Waals surface area contributed by atoms with Gasteiger partial charge in [-0.2, -0.15) is 0 Å². The van der Waals surface area contributed by atoms with E-state index in [1.54, 1.807) is 24.4 Å². The van der Waals surface area contributed by atoms with E-state index in [1.807, 2.05) is 42.5 Å². The van der Waals surface area contributed by atoms with E-state index in [-0.39, 0.29) is 17.6 Å². The molecule has 0 aliphatic heterocycles. The van der Waals surface area contributed by atoms with Crippen LogP contribution in [0.3, 0.4) is 0 Å². The Bertz CT molecular complexity index is 880. The smallest absolute Gasteiger partial charge is 0.244 e. The van der Waals surface area contributed by atoms with Crippen LogP contribution in [-0.4, -0.2) is 23.5 Å². The molecule has 0 heterocycles. The van der Waals surface area contributed by atoms with Crippen molar-refractivity contribution in [1.29, 1.82) is 0 Å². The average Bonchev–Trinajstić information content (AvgIpc) is 2.75. The summed E-state index contributed by atoms with van der Waals surface area (Å²) in [5.74, 6) is 0.414. The first-order chi connectivity index (χ1) is 13.7. The Balaban J connectivity index is 1.72. The van der Waals surface area contributed by atoms with Crippen molar-refractivity contribution in [3.05, 3.63) is 84.4 Å². The number of carbonyl (C=O) groups excluding carboxylic acids is 1. The van der Waals surface area contributed by atoms with E-state index in [1.165, 1.54) is 5.56 Å². The van der Waals surface area contributed by atoms with Crippen LogP contribution >= 0.6 is 11.8 Å². The fourth-order valence-corrected chi connectivity index (χ4v) is 4.17. The van der Waals surface area contributed by atoms with Gasteiger partial charge in [-0.25, -0.2) is 5.48 Å². The van der Waals surface area contributed by atoms with Gasteiger partial charge in [0.2, 0.25) is 5.91 Å². The molecular weight excluding hydrogens is 370 g/mol. The summed E-state index contributed by atoms with van der Waals surface area (Å²) in [6.45, 7) is 0. The van der Waals surface area contributed by atoms with E-state index >= 15 is 0 Å². The summed E-state index contributed by atoms with van der Waals surface area (Å²) in [4.78, 5) is 12.8. The highest BCUT2D eigenvalue weighted by Gasteiger charge is 2.16. The van der Waals surface area contributed by atoms with Gasteiger partial charge in [0, 0.05) is 16.6 Å². The van der Waals surface area contributed by atoms with Crippen molar-refractivity contribution < 1.29 is 14.7 Å². The number of nitrogens with one attached hydrogen (secondary N) is 1. The van der Waals surface area contributed by atoms with Gasteiger partial charge in [-0.3, -0.25) is 10.0 Å². The number of hydroxylamine groups is 1. The molecule has 1 amide bonds. The van der Waals surface area contributed by atoms with Gasteiger partial charge in [0.15, 0.2) is 0 Å². The lowest BCUT2D eigenvalue weighted by molar-refractivity contribution is -0.129. The molecule has 0 bridgehead atoms. The molecule has 0 saturated carbocycles. The predicted octanol–water partition coefficient (Wildman–Crippen LogP) is 4.96. The molecule has 0 fully saturated rings. The van der Waals surface area contributed by atoms with E-state index in [9.17, 15) is 4.79 Å². The Kier molecular flexibility index (Phi) is 7.12. The molecule has 4 nitrogen and oxygen atoms in total. The minimum Gasteiger partial charge on any atom is -0.497 e. The third kappa shape index (κ3) is 5.62. The Labute approximate surface area is 169 Å². The summed E-state index contributed by atoms with van der Waals surface area (Å²) in [5, 5.41) is 8.92. The second kappa shape index (κ2) is 9.97. The maximum atomic E-state index is 11.7. The fraction of sp³-hybridized carbons (Fsp3) is 0.174. The molecule has 0 aliphatic rings. The van der Waals surface area contributed by atoms with Gasteiger partial charge < -0.3 is 4.74 Å². The molecule has 3 aromatic rings. The molecule has 28 heavy (non-hydrogen) atoms. The number of thioether (sulfide) groups is 1. The van der Waals surface area contributed by atoms with Crippen LogP contribution in [0.2, 0.25) is 0 Å². The zero-order valence-electron chi connectivity index (χ0n) is 15.7. The molecular formula is C23H23NO3S. The van der Waals surface area contributed by atoms with Gasteiger partial charge in [0.1, 0.15) is 5.75 Å². The molecule has 0 saturated heterocycles. The molecule has 3 aromatic carbocycles. The van der Waals surface area contributed by atoms with Crippen molar-refractivity contribution in [1.82, 2.24) is 5.48 Å². The third-order valence-corrected chi connectivity index (χ3v) is 5.64. The lowest BCUT2D eigenvalue weighted by Gasteiger charge is -2.16. The van der Waals surface area contributed by atoms with Crippen LogP contribution < -0.4 is 10.2 Å². The zero-order valence-corrected chi connectivity index (χ0v) is 16.5. The quantitative estimate of drug-likeness (QED) is 0.323. The minimum atomic E-state index is -0.382. The van der Waals surface area contributed by atoms with Gasteiger partial charge >= 0.3 is 0 Å². The Morgan fingerprint density at radius 3 is 2.21 bits per heavy atom. The highest BCUT2D eigenvalue weighted by atomic mass is 32.2. The number of benzene rings is 3. The molecule has 0 aliphatic carbocycles. The largest absolute Gasteiger partial charge is 0.497 e. The molecule has 5 heteroatoms.